The van der Waals surface area contributed by atoms with Gasteiger partial charge in [-0.1, -0.05) is 6.07 Å². The number of benzene rings is 1. The number of nitrogens with zero attached hydrogens (tertiary/aromatic N) is 1. The third kappa shape index (κ3) is 2.18. The number of aromatic nitrogens is 1. The Labute approximate surface area is 100 Å². The second-order valence-corrected chi connectivity index (χ2v) is 4.04. The van der Waals surface area contributed by atoms with Gasteiger partial charge in [0.05, 0.1) is 12.0 Å². The SMILES string of the molecule is Cn1c(CC(=O)O)cc2ccc(C(F)(F)F)cc21. The largest absolute Gasteiger partial charge is 0.481 e. The maximum Gasteiger partial charge on any atom is 0.416 e. The lowest BCUT2D eigenvalue weighted by Gasteiger charge is -2.07. The van der Waals surface area contributed by atoms with Gasteiger partial charge in [-0.15, -0.1) is 0 Å². The van der Waals surface area contributed by atoms with E-state index in [4.69, 9.17) is 5.11 Å². The molecule has 0 saturated heterocycles. The van der Waals surface area contributed by atoms with Crippen LogP contribution < -0.4 is 0 Å². The Hall–Kier alpha value is -1.98. The monoisotopic (exact) mass is 257 g/mol. The number of alkyl halides is 3. The lowest BCUT2D eigenvalue weighted by Crippen LogP contribution is -2.06. The van der Waals surface area contributed by atoms with Crippen LogP contribution >= 0.6 is 0 Å². The standard InChI is InChI=1S/C12H10F3NO2/c1-16-9(6-11(17)18)4-7-2-3-8(5-10(7)16)12(13,14)15/h2-5H,6H2,1H3,(H,17,18). The van der Waals surface area contributed by atoms with Crippen molar-refractivity contribution in [2.24, 2.45) is 7.05 Å². The van der Waals surface area contributed by atoms with Crippen molar-refractivity contribution in [3.05, 3.63) is 35.5 Å². The molecule has 0 spiro atoms. The van der Waals surface area contributed by atoms with Gasteiger partial charge in [0, 0.05) is 18.3 Å². The smallest absolute Gasteiger partial charge is 0.416 e. The van der Waals surface area contributed by atoms with E-state index in [9.17, 15) is 18.0 Å². The highest BCUT2D eigenvalue weighted by Gasteiger charge is 2.30. The van der Waals surface area contributed by atoms with Gasteiger partial charge in [-0.3, -0.25) is 4.79 Å². The molecule has 1 aromatic heterocycles. The van der Waals surface area contributed by atoms with Crippen molar-refractivity contribution >= 4 is 16.9 Å². The van der Waals surface area contributed by atoms with Crippen molar-refractivity contribution in [1.82, 2.24) is 4.57 Å². The van der Waals surface area contributed by atoms with Gasteiger partial charge >= 0.3 is 12.1 Å². The topological polar surface area (TPSA) is 42.2 Å². The summed E-state index contributed by atoms with van der Waals surface area (Å²) in [5.41, 5.74) is 0.107. The van der Waals surface area contributed by atoms with E-state index in [0.29, 0.717) is 16.6 Å². The van der Waals surface area contributed by atoms with E-state index in [-0.39, 0.29) is 6.42 Å². The summed E-state index contributed by atoms with van der Waals surface area (Å²) < 4.78 is 39.2. The minimum atomic E-state index is -4.40. The van der Waals surface area contributed by atoms with Crippen LogP contribution in [0.3, 0.4) is 0 Å². The highest BCUT2D eigenvalue weighted by molar-refractivity contribution is 5.83. The van der Waals surface area contributed by atoms with Crippen molar-refractivity contribution in [2.45, 2.75) is 12.6 Å². The fraction of sp³-hybridized carbons (Fsp3) is 0.250. The molecule has 1 N–H and O–H groups in total. The fourth-order valence-corrected chi connectivity index (χ4v) is 1.89. The molecule has 0 bridgehead atoms. The van der Waals surface area contributed by atoms with E-state index in [1.807, 2.05) is 0 Å². The Morgan fingerprint density at radius 3 is 2.56 bits per heavy atom. The van der Waals surface area contributed by atoms with Crippen LogP contribution in [0.25, 0.3) is 10.9 Å². The minimum absolute atomic E-state index is 0.216. The molecule has 0 unspecified atom stereocenters. The van der Waals surface area contributed by atoms with Crippen molar-refractivity contribution in [3.8, 4) is 0 Å². The minimum Gasteiger partial charge on any atom is -0.481 e. The number of aryl methyl sites for hydroxylation is 1. The molecule has 0 fully saturated rings. The van der Waals surface area contributed by atoms with Crippen LogP contribution in [0.5, 0.6) is 0 Å². The van der Waals surface area contributed by atoms with Crippen LogP contribution in [-0.4, -0.2) is 15.6 Å². The van der Waals surface area contributed by atoms with Gasteiger partial charge in [0.1, 0.15) is 0 Å². The van der Waals surface area contributed by atoms with E-state index in [1.54, 1.807) is 13.1 Å². The summed E-state index contributed by atoms with van der Waals surface area (Å²) in [6.45, 7) is 0. The zero-order chi connectivity index (χ0) is 13.5. The summed E-state index contributed by atoms with van der Waals surface area (Å²) >= 11 is 0. The number of halogens is 3. The van der Waals surface area contributed by atoms with Crippen LogP contribution in [0.15, 0.2) is 24.3 Å². The maximum atomic E-state index is 12.6. The number of hydrogen-bond acceptors (Lipinski definition) is 1. The summed E-state index contributed by atoms with van der Waals surface area (Å²) in [6, 6.07) is 4.96. The molecule has 2 aromatic rings. The maximum absolute atomic E-state index is 12.6. The number of aliphatic carboxylic acids is 1. The van der Waals surface area contributed by atoms with Gasteiger partial charge in [-0.2, -0.15) is 13.2 Å². The number of carbonyl (C=O) groups is 1. The first kappa shape index (κ1) is 12.5. The van der Waals surface area contributed by atoms with Gasteiger partial charge in [-0.05, 0) is 23.6 Å². The van der Waals surface area contributed by atoms with Gasteiger partial charge in [0.15, 0.2) is 0 Å². The molecule has 0 aliphatic heterocycles. The van der Waals surface area contributed by atoms with E-state index >= 15 is 0 Å². The van der Waals surface area contributed by atoms with Gasteiger partial charge < -0.3 is 9.67 Å². The summed E-state index contributed by atoms with van der Waals surface area (Å²) in [6.07, 6.45) is -4.61. The molecule has 1 aromatic carbocycles. The Kier molecular flexibility index (Phi) is 2.80. The number of carboxylic acid groups (broad SMARTS) is 1. The average Bonchev–Trinajstić information content (AvgIpc) is 2.53. The molecular formula is C12H10F3NO2. The summed E-state index contributed by atoms with van der Waals surface area (Å²) in [5, 5.41) is 9.31. The van der Waals surface area contributed by atoms with Crippen molar-refractivity contribution in [2.75, 3.05) is 0 Å². The number of rotatable bonds is 2. The molecule has 18 heavy (non-hydrogen) atoms. The third-order valence-corrected chi connectivity index (χ3v) is 2.80. The molecule has 0 aliphatic rings. The van der Waals surface area contributed by atoms with Crippen molar-refractivity contribution in [1.29, 1.82) is 0 Å². The quantitative estimate of drug-likeness (QED) is 0.898. The zero-order valence-corrected chi connectivity index (χ0v) is 9.45. The molecule has 1 heterocycles. The first-order valence-electron chi connectivity index (χ1n) is 5.16. The molecule has 2 rings (SSSR count). The van der Waals surface area contributed by atoms with Crippen LogP contribution in [0.1, 0.15) is 11.3 Å². The second kappa shape index (κ2) is 4.04. The van der Waals surface area contributed by atoms with Crippen molar-refractivity contribution < 1.29 is 23.1 Å². The van der Waals surface area contributed by atoms with E-state index in [0.717, 1.165) is 12.1 Å². The summed E-state index contributed by atoms with van der Waals surface area (Å²) in [7, 11) is 1.56. The molecule has 0 radical (unpaired) electrons. The molecule has 0 atom stereocenters. The van der Waals surface area contributed by atoms with Crippen LogP contribution in [0.2, 0.25) is 0 Å². The molecule has 96 valence electrons. The zero-order valence-electron chi connectivity index (χ0n) is 9.45. The fourth-order valence-electron chi connectivity index (χ4n) is 1.89. The third-order valence-electron chi connectivity index (χ3n) is 2.80. The first-order valence-corrected chi connectivity index (χ1v) is 5.16. The van der Waals surface area contributed by atoms with E-state index < -0.39 is 17.7 Å². The van der Waals surface area contributed by atoms with Gasteiger partial charge in [0.25, 0.3) is 0 Å². The highest BCUT2D eigenvalue weighted by Crippen LogP contribution is 2.32. The normalized spacial score (nSPS) is 12.0. The summed E-state index contributed by atoms with van der Waals surface area (Å²) in [4.78, 5) is 10.6. The number of fused-ring (bicyclic) bond motifs is 1. The Morgan fingerprint density at radius 1 is 1.33 bits per heavy atom. The molecule has 3 nitrogen and oxygen atoms in total. The molecule has 0 amide bonds. The van der Waals surface area contributed by atoms with E-state index in [2.05, 4.69) is 0 Å². The predicted octanol–water partition coefficient (Wildman–Crippen LogP) is 2.82. The Balaban J connectivity index is 2.57. The molecule has 6 heteroatoms. The Bertz CT molecular complexity index is 614. The first-order chi connectivity index (χ1) is 8.29. The molecular weight excluding hydrogens is 247 g/mol. The van der Waals surface area contributed by atoms with E-state index in [1.165, 1.54) is 10.6 Å². The highest BCUT2D eigenvalue weighted by atomic mass is 19.4. The molecule has 0 aliphatic carbocycles. The van der Waals surface area contributed by atoms with Crippen molar-refractivity contribution in [3.63, 3.8) is 0 Å². The lowest BCUT2D eigenvalue weighted by atomic mass is 10.1. The second-order valence-electron chi connectivity index (χ2n) is 4.04. The lowest BCUT2D eigenvalue weighted by molar-refractivity contribution is -0.138. The Morgan fingerprint density at radius 2 is 2.00 bits per heavy atom. The summed E-state index contributed by atoms with van der Waals surface area (Å²) in [5.74, 6) is -1.02. The van der Waals surface area contributed by atoms with Crippen LogP contribution in [0.4, 0.5) is 13.2 Å². The number of carboxylic acids is 1. The van der Waals surface area contributed by atoms with Gasteiger partial charge in [-0.25, -0.2) is 0 Å². The van der Waals surface area contributed by atoms with Crippen LogP contribution in [-0.2, 0) is 24.4 Å². The molecule has 0 saturated carbocycles. The average molecular weight is 257 g/mol. The predicted molar refractivity (Wildman–Crippen MR) is 59.3 cm³/mol. The number of hydrogen-bond donors (Lipinski definition) is 1. The van der Waals surface area contributed by atoms with Crippen LogP contribution in [0, 0.1) is 0 Å². The van der Waals surface area contributed by atoms with Gasteiger partial charge in [0.2, 0.25) is 0 Å².